The molecule has 0 radical (unpaired) electrons. The summed E-state index contributed by atoms with van der Waals surface area (Å²) in [7, 11) is 0. The van der Waals surface area contributed by atoms with Crippen LogP contribution >= 0.6 is 0 Å². The standard InChI is InChI=1S/C38H25F3N2/c1-24-11-10-16-32(38(39,40)41)37(24)25-21-26(42-33-17-6-2-12-28(33)29-13-3-7-18-34(29)42)23-27(22-25)43-35-19-8-4-14-30(35)31-15-5-9-20-36(31)43/h2-23H,1H3. The minimum absolute atomic E-state index is 0.194. The zero-order valence-electron chi connectivity index (χ0n) is 23.2. The van der Waals surface area contributed by atoms with Crippen molar-refractivity contribution in [1.82, 2.24) is 9.13 Å². The van der Waals surface area contributed by atoms with Gasteiger partial charge in [0, 0.05) is 32.9 Å². The van der Waals surface area contributed by atoms with Gasteiger partial charge in [0.15, 0.2) is 0 Å². The van der Waals surface area contributed by atoms with Crippen LogP contribution in [0, 0.1) is 6.92 Å². The molecule has 8 aromatic rings. The summed E-state index contributed by atoms with van der Waals surface area (Å²) in [5, 5.41) is 4.37. The van der Waals surface area contributed by atoms with Gasteiger partial charge in [-0.1, -0.05) is 84.9 Å². The number of aryl methyl sites for hydroxylation is 1. The molecule has 0 N–H and O–H groups in total. The highest BCUT2D eigenvalue weighted by molar-refractivity contribution is 6.10. The number of halogens is 3. The van der Waals surface area contributed by atoms with Crippen molar-refractivity contribution in [2.75, 3.05) is 0 Å². The van der Waals surface area contributed by atoms with Crippen LogP contribution in [0.25, 0.3) is 66.1 Å². The number of hydrogen-bond donors (Lipinski definition) is 0. The van der Waals surface area contributed by atoms with Gasteiger partial charge in [0.25, 0.3) is 0 Å². The van der Waals surface area contributed by atoms with Crippen LogP contribution in [0.1, 0.15) is 11.1 Å². The number of para-hydroxylation sites is 4. The Kier molecular flexibility index (Phi) is 5.54. The van der Waals surface area contributed by atoms with E-state index in [1.807, 2.05) is 60.7 Å². The molecule has 0 amide bonds. The number of aromatic nitrogens is 2. The van der Waals surface area contributed by atoms with Crippen LogP contribution in [0.3, 0.4) is 0 Å². The lowest BCUT2D eigenvalue weighted by atomic mass is 9.93. The fraction of sp³-hybridized carbons (Fsp3) is 0.0526. The molecule has 5 heteroatoms. The fourth-order valence-electron chi connectivity index (χ4n) is 6.69. The van der Waals surface area contributed by atoms with Gasteiger partial charge in [-0.2, -0.15) is 13.2 Å². The molecule has 0 spiro atoms. The van der Waals surface area contributed by atoms with E-state index < -0.39 is 11.7 Å². The summed E-state index contributed by atoms with van der Waals surface area (Å²) in [6.45, 7) is 1.75. The summed E-state index contributed by atoms with van der Waals surface area (Å²) in [5.41, 5.74) is 6.21. The van der Waals surface area contributed by atoms with Crippen molar-refractivity contribution in [3.05, 3.63) is 145 Å². The maximum atomic E-state index is 14.5. The molecule has 8 rings (SSSR count). The molecule has 0 atom stereocenters. The highest BCUT2D eigenvalue weighted by Gasteiger charge is 2.34. The molecule has 43 heavy (non-hydrogen) atoms. The lowest BCUT2D eigenvalue weighted by Gasteiger charge is -2.19. The average Bonchev–Trinajstić information content (AvgIpc) is 3.53. The Morgan fingerprint density at radius 3 is 1.26 bits per heavy atom. The Bertz CT molecular complexity index is 2120. The van der Waals surface area contributed by atoms with Gasteiger partial charge in [0.05, 0.1) is 27.6 Å². The summed E-state index contributed by atoms with van der Waals surface area (Å²) in [5.74, 6) is 0. The molecule has 2 aromatic heterocycles. The number of alkyl halides is 3. The molecule has 0 saturated carbocycles. The van der Waals surface area contributed by atoms with Gasteiger partial charge in [-0.25, -0.2) is 0 Å². The van der Waals surface area contributed by atoms with Crippen molar-refractivity contribution in [3.8, 4) is 22.5 Å². The summed E-state index contributed by atoms with van der Waals surface area (Å²) in [4.78, 5) is 0. The van der Waals surface area contributed by atoms with E-state index in [9.17, 15) is 13.2 Å². The number of hydrogen-bond acceptors (Lipinski definition) is 0. The molecule has 6 aromatic carbocycles. The molecule has 0 unspecified atom stereocenters. The summed E-state index contributed by atoms with van der Waals surface area (Å²) >= 11 is 0. The second-order valence-electron chi connectivity index (χ2n) is 11.0. The van der Waals surface area contributed by atoms with Gasteiger partial charge in [0.2, 0.25) is 0 Å². The van der Waals surface area contributed by atoms with E-state index in [1.165, 1.54) is 12.1 Å². The minimum Gasteiger partial charge on any atom is -0.309 e. The monoisotopic (exact) mass is 566 g/mol. The lowest BCUT2D eigenvalue weighted by molar-refractivity contribution is -0.137. The van der Waals surface area contributed by atoms with Gasteiger partial charge >= 0.3 is 6.18 Å². The van der Waals surface area contributed by atoms with Gasteiger partial charge in [0.1, 0.15) is 0 Å². The quantitative estimate of drug-likeness (QED) is 0.201. The van der Waals surface area contributed by atoms with Crippen LogP contribution in [-0.2, 0) is 6.18 Å². The predicted molar refractivity (Wildman–Crippen MR) is 170 cm³/mol. The lowest BCUT2D eigenvalue weighted by Crippen LogP contribution is -2.09. The fourth-order valence-corrected chi connectivity index (χ4v) is 6.69. The molecule has 0 aliphatic heterocycles. The van der Waals surface area contributed by atoms with Crippen LogP contribution in [0.2, 0.25) is 0 Å². The van der Waals surface area contributed by atoms with Gasteiger partial charge in [-0.15, -0.1) is 0 Å². The van der Waals surface area contributed by atoms with Crippen molar-refractivity contribution in [3.63, 3.8) is 0 Å². The molecule has 0 aliphatic carbocycles. The molecule has 0 aliphatic rings. The second-order valence-corrected chi connectivity index (χ2v) is 11.0. The SMILES string of the molecule is Cc1cccc(C(F)(F)F)c1-c1cc(-n2c3ccccc3c3ccccc32)cc(-n2c3ccccc3c3ccccc32)c1. The third-order valence-electron chi connectivity index (χ3n) is 8.45. The van der Waals surface area contributed by atoms with Crippen molar-refractivity contribution in [1.29, 1.82) is 0 Å². The first-order valence-corrected chi connectivity index (χ1v) is 14.2. The first kappa shape index (κ1) is 25.4. The Labute approximate surface area is 245 Å². The smallest absolute Gasteiger partial charge is 0.309 e. The van der Waals surface area contributed by atoms with E-state index >= 15 is 0 Å². The Morgan fingerprint density at radius 1 is 0.465 bits per heavy atom. The molecule has 0 saturated heterocycles. The molecular weight excluding hydrogens is 541 g/mol. The summed E-state index contributed by atoms with van der Waals surface area (Å²) < 4.78 is 47.8. The summed E-state index contributed by atoms with van der Waals surface area (Å²) in [6.07, 6.45) is -4.50. The molecule has 0 bridgehead atoms. The number of fused-ring (bicyclic) bond motifs is 6. The zero-order chi connectivity index (χ0) is 29.3. The maximum Gasteiger partial charge on any atom is 0.417 e. The van der Waals surface area contributed by atoms with E-state index in [4.69, 9.17) is 0 Å². The highest BCUT2D eigenvalue weighted by Crippen LogP contribution is 2.42. The van der Waals surface area contributed by atoms with Crippen LogP contribution < -0.4 is 0 Å². The molecule has 2 nitrogen and oxygen atoms in total. The largest absolute Gasteiger partial charge is 0.417 e. The molecular formula is C38H25F3N2. The van der Waals surface area contributed by atoms with E-state index in [1.54, 1.807) is 13.0 Å². The van der Waals surface area contributed by atoms with Crippen molar-refractivity contribution >= 4 is 43.6 Å². The van der Waals surface area contributed by atoms with E-state index in [0.717, 1.165) is 55.0 Å². The topological polar surface area (TPSA) is 9.86 Å². The highest BCUT2D eigenvalue weighted by atomic mass is 19.4. The van der Waals surface area contributed by atoms with Crippen LogP contribution in [0.5, 0.6) is 0 Å². The Morgan fingerprint density at radius 2 is 0.860 bits per heavy atom. The zero-order valence-corrected chi connectivity index (χ0v) is 23.2. The Hall–Kier alpha value is -5.29. The first-order chi connectivity index (χ1) is 20.9. The number of benzene rings is 6. The van der Waals surface area contributed by atoms with Crippen LogP contribution in [0.4, 0.5) is 13.2 Å². The van der Waals surface area contributed by atoms with E-state index in [0.29, 0.717) is 11.1 Å². The molecule has 2 heterocycles. The van der Waals surface area contributed by atoms with Gasteiger partial charge in [-0.3, -0.25) is 0 Å². The third kappa shape index (κ3) is 3.88. The normalized spacial score (nSPS) is 12.2. The maximum absolute atomic E-state index is 14.5. The van der Waals surface area contributed by atoms with Crippen molar-refractivity contribution < 1.29 is 13.2 Å². The second kappa shape index (κ2) is 9.36. The third-order valence-corrected chi connectivity index (χ3v) is 8.45. The van der Waals surface area contributed by atoms with E-state index in [-0.39, 0.29) is 5.56 Å². The molecule has 208 valence electrons. The van der Waals surface area contributed by atoms with Crippen LogP contribution in [-0.4, -0.2) is 9.13 Å². The minimum atomic E-state index is -4.50. The van der Waals surface area contributed by atoms with Crippen LogP contribution in [0.15, 0.2) is 133 Å². The number of rotatable bonds is 3. The first-order valence-electron chi connectivity index (χ1n) is 14.2. The Balaban J connectivity index is 1.53. The van der Waals surface area contributed by atoms with E-state index in [2.05, 4.69) is 63.7 Å². The van der Waals surface area contributed by atoms with Gasteiger partial charge < -0.3 is 9.13 Å². The number of nitrogens with zero attached hydrogens (tertiary/aromatic N) is 2. The van der Waals surface area contributed by atoms with Crippen molar-refractivity contribution in [2.24, 2.45) is 0 Å². The average molecular weight is 567 g/mol. The molecule has 0 fully saturated rings. The van der Waals surface area contributed by atoms with Gasteiger partial charge in [-0.05, 0) is 72.1 Å². The predicted octanol–water partition coefficient (Wildman–Crippen LogP) is 10.9. The van der Waals surface area contributed by atoms with Crippen molar-refractivity contribution in [2.45, 2.75) is 13.1 Å². The summed E-state index contributed by atoms with van der Waals surface area (Å²) in [6, 6.07) is 43.0.